The lowest BCUT2D eigenvalue weighted by Gasteiger charge is -2.17. The lowest BCUT2D eigenvalue weighted by molar-refractivity contribution is -0.137. The monoisotopic (exact) mass is 357 g/mol. The van der Waals surface area contributed by atoms with Crippen LogP contribution >= 0.6 is 0 Å². The third kappa shape index (κ3) is 5.18. The van der Waals surface area contributed by atoms with E-state index in [1.807, 2.05) is 48.9 Å². The Hall–Kier alpha value is -2.63. The van der Waals surface area contributed by atoms with Crippen LogP contribution in [-0.2, 0) is 22.6 Å². The highest BCUT2D eigenvalue weighted by atomic mass is 16.4. The van der Waals surface area contributed by atoms with Gasteiger partial charge in [-0.1, -0.05) is 44.2 Å². The average Bonchev–Trinajstić information content (AvgIpc) is 2.81. The highest BCUT2D eigenvalue weighted by molar-refractivity contribution is 5.80. The van der Waals surface area contributed by atoms with Gasteiger partial charge in [0.2, 0.25) is 5.91 Å². The second-order valence-corrected chi connectivity index (χ2v) is 7.03. The van der Waals surface area contributed by atoms with Gasteiger partial charge in [0, 0.05) is 17.8 Å². The number of hydrogen-bond donors (Lipinski definition) is 2. The van der Waals surface area contributed by atoms with E-state index in [0.717, 1.165) is 29.1 Å². The molecule has 6 heteroatoms. The van der Waals surface area contributed by atoms with Gasteiger partial charge in [0.1, 0.15) is 0 Å². The molecule has 0 saturated carbocycles. The van der Waals surface area contributed by atoms with Gasteiger partial charge in [-0.2, -0.15) is 5.10 Å². The maximum Gasteiger partial charge on any atom is 0.305 e. The summed E-state index contributed by atoms with van der Waals surface area (Å²) in [6.45, 7) is 8.92. The zero-order valence-corrected chi connectivity index (χ0v) is 15.8. The van der Waals surface area contributed by atoms with Gasteiger partial charge in [0.25, 0.3) is 0 Å². The fourth-order valence-electron chi connectivity index (χ4n) is 3.03. The smallest absolute Gasteiger partial charge is 0.305 e. The zero-order chi connectivity index (χ0) is 19.3. The van der Waals surface area contributed by atoms with Crippen LogP contribution in [0.1, 0.15) is 48.8 Å². The van der Waals surface area contributed by atoms with E-state index in [-0.39, 0.29) is 18.7 Å². The number of carboxylic acid groups (broad SMARTS) is 1. The Morgan fingerprint density at radius 3 is 2.42 bits per heavy atom. The molecule has 0 bridgehead atoms. The van der Waals surface area contributed by atoms with Crippen molar-refractivity contribution in [2.24, 2.45) is 5.92 Å². The first-order valence-electron chi connectivity index (χ1n) is 8.87. The number of hydrogen-bond acceptors (Lipinski definition) is 3. The lowest BCUT2D eigenvalue weighted by Crippen LogP contribution is -2.31. The van der Waals surface area contributed by atoms with Crippen LogP contribution in [0.25, 0.3) is 0 Å². The highest BCUT2D eigenvalue weighted by Crippen LogP contribution is 2.19. The molecule has 0 saturated heterocycles. The van der Waals surface area contributed by atoms with E-state index in [0.29, 0.717) is 5.92 Å². The number of rotatable bonds is 8. The topological polar surface area (TPSA) is 84.2 Å². The Bertz CT molecular complexity index is 766. The summed E-state index contributed by atoms with van der Waals surface area (Å²) >= 11 is 0. The Morgan fingerprint density at radius 1 is 1.19 bits per heavy atom. The number of aliphatic carboxylic acids is 1. The number of nitrogens with one attached hydrogen (secondary N) is 1. The molecule has 0 spiro atoms. The molecule has 2 aromatic rings. The second-order valence-electron chi connectivity index (χ2n) is 7.03. The van der Waals surface area contributed by atoms with Crippen molar-refractivity contribution in [3.05, 3.63) is 52.8 Å². The van der Waals surface area contributed by atoms with E-state index >= 15 is 0 Å². The van der Waals surface area contributed by atoms with E-state index in [2.05, 4.69) is 24.3 Å². The van der Waals surface area contributed by atoms with Crippen LogP contribution in [0.5, 0.6) is 0 Å². The van der Waals surface area contributed by atoms with Crippen LogP contribution < -0.4 is 5.32 Å². The zero-order valence-electron chi connectivity index (χ0n) is 15.8. The molecule has 1 atom stereocenters. The maximum absolute atomic E-state index is 12.6. The number of aryl methyl sites for hydroxylation is 1. The first-order valence-corrected chi connectivity index (χ1v) is 8.87. The van der Waals surface area contributed by atoms with Crippen LogP contribution in [0.15, 0.2) is 30.3 Å². The van der Waals surface area contributed by atoms with Gasteiger partial charge >= 0.3 is 5.97 Å². The first kappa shape index (κ1) is 19.7. The van der Waals surface area contributed by atoms with Gasteiger partial charge in [-0.3, -0.25) is 14.3 Å². The fraction of sp³-hybridized carbons (Fsp3) is 0.450. The van der Waals surface area contributed by atoms with Gasteiger partial charge in [-0.15, -0.1) is 0 Å². The molecule has 0 fully saturated rings. The summed E-state index contributed by atoms with van der Waals surface area (Å²) in [4.78, 5) is 23.7. The van der Waals surface area contributed by atoms with Gasteiger partial charge in [-0.05, 0) is 25.3 Å². The third-order valence-electron chi connectivity index (χ3n) is 4.32. The molecule has 0 aliphatic rings. The number of benzene rings is 1. The number of aromatic nitrogens is 2. The number of nitrogens with zero attached hydrogens (tertiary/aromatic N) is 2. The summed E-state index contributed by atoms with van der Waals surface area (Å²) in [5, 5.41) is 16.6. The van der Waals surface area contributed by atoms with Crippen molar-refractivity contribution >= 4 is 11.9 Å². The van der Waals surface area contributed by atoms with Crippen LogP contribution in [0.2, 0.25) is 0 Å². The summed E-state index contributed by atoms with van der Waals surface area (Å²) < 4.78 is 1.94. The molecule has 0 aliphatic carbocycles. The van der Waals surface area contributed by atoms with Crippen molar-refractivity contribution in [3.8, 4) is 0 Å². The Labute approximate surface area is 154 Å². The normalized spacial score (nSPS) is 12.2. The molecule has 140 valence electrons. The second kappa shape index (κ2) is 8.65. The van der Waals surface area contributed by atoms with Crippen molar-refractivity contribution in [2.75, 3.05) is 0 Å². The van der Waals surface area contributed by atoms with Crippen molar-refractivity contribution in [3.63, 3.8) is 0 Å². The molecule has 1 unspecified atom stereocenters. The SMILES string of the molecule is Cc1nn(CC(C)C)c(C)c1CC(=O)NC(CC(=O)O)c1ccccc1. The van der Waals surface area contributed by atoms with Crippen LogP contribution in [0.3, 0.4) is 0 Å². The summed E-state index contributed by atoms with van der Waals surface area (Å²) in [7, 11) is 0. The number of carboxylic acids is 1. The molecule has 1 heterocycles. The predicted molar refractivity (Wildman–Crippen MR) is 99.8 cm³/mol. The molecule has 2 N–H and O–H groups in total. The highest BCUT2D eigenvalue weighted by Gasteiger charge is 2.20. The van der Waals surface area contributed by atoms with Crippen LogP contribution in [0.4, 0.5) is 0 Å². The molecule has 1 aromatic carbocycles. The van der Waals surface area contributed by atoms with E-state index in [1.54, 1.807) is 0 Å². The predicted octanol–water partition coefficient (Wildman–Crippen LogP) is 3.03. The lowest BCUT2D eigenvalue weighted by atomic mass is 10.0. The van der Waals surface area contributed by atoms with Crippen molar-refractivity contribution in [1.29, 1.82) is 0 Å². The fourth-order valence-corrected chi connectivity index (χ4v) is 3.03. The Balaban J connectivity index is 2.13. The molecule has 2 rings (SSSR count). The number of amides is 1. The first-order chi connectivity index (χ1) is 12.3. The molecular weight excluding hydrogens is 330 g/mol. The summed E-state index contributed by atoms with van der Waals surface area (Å²) in [5.41, 5.74) is 3.52. The largest absolute Gasteiger partial charge is 0.481 e. The van der Waals surface area contributed by atoms with Crippen LogP contribution in [-0.4, -0.2) is 26.8 Å². The van der Waals surface area contributed by atoms with Gasteiger partial charge in [-0.25, -0.2) is 0 Å². The van der Waals surface area contributed by atoms with Crippen molar-refractivity contribution in [1.82, 2.24) is 15.1 Å². The summed E-state index contributed by atoms with van der Waals surface area (Å²) in [6, 6.07) is 8.63. The minimum Gasteiger partial charge on any atom is -0.481 e. The Morgan fingerprint density at radius 2 is 1.85 bits per heavy atom. The number of carbonyl (C=O) groups excluding carboxylic acids is 1. The molecule has 6 nitrogen and oxygen atoms in total. The van der Waals surface area contributed by atoms with E-state index in [4.69, 9.17) is 5.11 Å². The van der Waals surface area contributed by atoms with Crippen molar-refractivity contribution in [2.45, 2.75) is 53.1 Å². The molecular formula is C20H27N3O3. The van der Waals surface area contributed by atoms with E-state index in [1.165, 1.54) is 0 Å². The Kier molecular flexibility index (Phi) is 6.55. The van der Waals surface area contributed by atoms with E-state index in [9.17, 15) is 9.59 Å². The minimum absolute atomic E-state index is 0.152. The van der Waals surface area contributed by atoms with E-state index < -0.39 is 12.0 Å². The molecule has 1 aromatic heterocycles. The third-order valence-corrected chi connectivity index (χ3v) is 4.32. The van der Waals surface area contributed by atoms with Gasteiger partial charge < -0.3 is 10.4 Å². The number of carbonyl (C=O) groups is 2. The molecule has 0 aliphatic heterocycles. The summed E-state index contributed by atoms with van der Waals surface area (Å²) in [6.07, 6.45) is 0.0407. The average molecular weight is 357 g/mol. The molecule has 26 heavy (non-hydrogen) atoms. The summed E-state index contributed by atoms with van der Waals surface area (Å²) in [5.74, 6) is -0.681. The standard InChI is InChI=1S/C20H27N3O3/c1-13(2)12-23-15(4)17(14(3)22-23)10-19(24)21-18(11-20(25)26)16-8-6-5-7-9-16/h5-9,13,18H,10-12H2,1-4H3,(H,21,24)(H,25,26). The quantitative estimate of drug-likeness (QED) is 0.760. The minimum atomic E-state index is -0.948. The van der Waals surface area contributed by atoms with Crippen LogP contribution in [0, 0.1) is 19.8 Å². The van der Waals surface area contributed by atoms with Gasteiger partial charge in [0.05, 0.1) is 24.6 Å². The maximum atomic E-state index is 12.6. The molecule has 0 radical (unpaired) electrons. The molecule has 1 amide bonds. The van der Waals surface area contributed by atoms with Gasteiger partial charge in [0.15, 0.2) is 0 Å². The van der Waals surface area contributed by atoms with Crippen molar-refractivity contribution < 1.29 is 14.7 Å².